The number of amides is 1. The summed E-state index contributed by atoms with van der Waals surface area (Å²) < 4.78 is 5.31. The summed E-state index contributed by atoms with van der Waals surface area (Å²) in [6.07, 6.45) is 5.81. The fourth-order valence-electron chi connectivity index (χ4n) is 2.55. The predicted molar refractivity (Wildman–Crippen MR) is 103 cm³/mol. The Kier molecular flexibility index (Phi) is 5.94. The van der Waals surface area contributed by atoms with Crippen LogP contribution in [0.3, 0.4) is 0 Å². The number of ether oxygens (including phenoxy) is 1. The highest BCUT2D eigenvalue weighted by Crippen LogP contribution is 2.25. The molecular weight excluding hydrogens is 342 g/mol. The quantitative estimate of drug-likeness (QED) is 0.695. The smallest absolute Gasteiger partial charge is 0.272 e. The molecule has 0 bridgehead atoms. The van der Waals surface area contributed by atoms with Gasteiger partial charge in [-0.2, -0.15) is 0 Å². The summed E-state index contributed by atoms with van der Waals surface area (Å²) in [4.78, 5) is 26.8. The molecule has 0 fully saturated rings. The Balaban J connectivity index is 1.68. The second-order valence-electron chi connectivity index (χ2n) is 5.92. The first kappa shape index (κ1) is 18.3. The number of hydrogen-bond acceptors (Lipinski definition) is 6. The first-order valence-corrected chi connectivity index (χ1v) is 8.55. The number of hydrogen-bond donors (Lipinski definition) is 1. The number of methoxy groups -OCH3 is 1. The number of rotatable bonds is 7. The first-order valence-electron chi connectivity index (χ1n) is 8.55. The maximum absolute atomic E-state index is 12.7. The average molecular weight is 363 g/mol. The van der Waals surface area contributed by atoms with E-state index in [1.54, 1.807) is 43.7 Å². The summed E-state index contributed by atoms with van der Waals surface area (Å²) in [6.45, 7) is 0.585. The first-order chi connectivity index (χ1) is 13.2. The van der Waals surface area contributed by atoms with E-state index < -0.39 is 0 Å². The van der Waals surface area contributed by atoms with Crippen molar-refractivity contribution in [1.29, 1.82) is 0 Å². The molecule has 2 aromatic heterocycles. The van der Waals surface area contributed by atoms with E-state index in [0.717, 1.165) is 17.7 Å². The van der Waals surface area contributed by atoms with Gasteiger partial charge in [0.15, 0.2) is 0 Å². The summed E-state index contributed by atoms with van der Waals surface area (Å²) in [5, 5.41) is 3.09. The minimum atomic E-state index is -0.158. The van der Waals surface area contributed by atoms with Crippen molar-refractivity contribution in [2.24, 2.45) is 0 Å². The molecule has 3 rings (SSSR count). The summed E-state index contributed by atoms with van der Waals surface area (Å²) in [7, 11) is 3.36. The second-order valence-corrected chi connectivity index (χ2v) is 5.92. The minimum absolute atomic E-state index is 0.158. The standard InChI is InChI=1S/C20H21N5O2/c1-25(14-10-15-7-11-21-12-8-15)19(26)17-9-13-22-20(24-17)23-16-5-3-4-6-18(16)27-2/h3-9,11-13H,10,14H2,1-2H3,(H,22,23,24). The SMILES string of the molecule is COc1ccccc1Nc1nccc(C(=O)N(C)CCc2ccncc2)n1. The van der Waals surface area contributed by atoms with Gasteiger partial charge in [0, 0.05) is 32.2 Å². The zero-order valence-electron chi connectivity index (χ0n) is 15.3. The lowest BCUT2D eigenvalue weighted by atomic mass is 10.2. The third-order valence-electron chi connectivity index (χ3n) is 4.06. The van der Waals surface area contributed by atoms with Crippen LogP contribution < -0.4 is 10.1 Å². The van der Waals surface area contributed by atoms with Crippen molar-refractivity contribution in [3.05, 3.63) is 72.3 Å². The molecule has 2 heterocycles. The molecule has 0 saturated carbocycles. The van der Waals surface area contributed by atoms with Crippen LogP contribution in [0.4, 0.5) is 11.6 Å². The molecule has 0 radical (unpaired) electrons. The van der Waals surface area contributed by atoms with E-state index in [4.69, 9.17) is 4.74 Å². The third-order valence-corrected chi connectivity index (χ3v) is 4.06. The molecule has 27 heavy (non-hydrogen) atoms. The average Bonchev–Trinajstić information content (AvgIpc) is 2.73. The van der Waals surface area contributed by atoms with Gasteiger partial charge >= 0.3 is 0 Å². The Morgan fingerprint density at radius 1 is 1.11 bits per heavy atom. The lowest BCUT2D eigenvalue weighted by Crippen LogP contribution is -2.29. The van der Waals surface area contributed by atoms with Crippen LogP contribution in [-0.2, 0) is 6.42 Å². The van der Waals surface area contributed by atoms with Gasteiger partial charge in [0.2, 0.25) is 5.95 Å². The number of para-hydroxylation sites is 2. The molecule has 7 nitrogen and oxygen atoms in total. The van der Waals surface area contributed by atoms with Crippen LogP contribution in [0.2, 0.25) is 0 Å². The molecule has 0 unspecified atom stereocenters. The Bertz CT molecular complexity index is 902. The largest absolute Gasteiger partial charge is 0.495 e. The zero-order chi connectivity index (χ0) is 19.1. The van der Waals surface area contributed by atoms with Crippen molar-refractivity contribution in [3.8, 4) is 5.75 Å². The second kappa shape index (κ2) is 8.75. The van der Waals surface area contributed by atoms with E-state index in [0.29, 0.717) is 23.9 Å². The number of carbonyl (C=O) groups excluding carboxylic acids is 1. The molecule has 0 aliphatic rings. The van der Waals surface area contributed by atoms with Crippen molar-refractivity contribution in [2.45, 2.75) is 6.42 Å². The van der Waals surface area contributed by atoms with Crippen LogP contribution in [0, 0.1) is 0 Å². The number of nitrogens with one attached hydrogen (secondary N) is 1. The van der Waals surface area contributed by atoms with Crippen molar-refractivity contribution in [2.75, 3.05) is 26.0 Å². The normalized spacial score (nSPS) is 10.3. The van der Waals surface area contributed by atoms with Gasteiger partial charge in [0.25, 0.3) is 5.91 Å². The van der Waals surface area contributed by atoms with Crippen molar-refractivity contribution in [3.63, 3.8) is 0 Å². The van der Waals surface area contributed by atoms with Gasteiger partial charge in [0.1, 0.15) is 11.4 Å². The van der Waals surface area contributed by atoms with Gasteiger partial charge in [-0.15, -0.1) is 0 Å². The van der Waals surface area contributed by atoms with E-state index in [1.807, 2.05) is 36.4 Å². The van der Waals surface area contributed by atoms with E-state index in [9.17, 15) is 4.79 Å². The number of likely N-dealkylation sites (N-methyl/N-ethyl adjacent to an activating group) is 1. The fraction of sp³-hybridized carbons (Fsp3) is 0.200. The lowest BCUT2D eigenvalue weighted by Gasteiger charge is -2.17. The third kappa shape index (κ3) is 4.78. The highest BCUT2D eigenvalue weighted by molar-refractivity contribution is 5.92. The molecule has 1 aromatic carbocycles. The van der Waals surface area contributed by atoms with Crippen LogP contribution in [0.25, 0.3) is 0 Å². The number of pyridine rings is 1. The van der Waals surface area contributed by atoms with Crippen molar-refractivity contribution < 1.29 is 9.53 Å². The molecule has 0 aliphatic carbocycles. The zero-order valence-corrected chi connectivity index (χ0v) is 15.3. The summed E-state index contributed by atoms with van der Waals surface area (Å²) in [6, 6.07) is 13.0. The number of benzene rings is 1. The fourth-order valence-corrected chi connectivity index (χ4v) is 2.55. The van der Waals surface area contributed by atoms with Crippen LogP contribution in [-0.4, -0.2) is 46.5 Å². The van der Waals surface area contributed by atoms with Gasteiger partial charge in [-0.05, 0) is 42.3 Å². The monoisotopic (exact) mass is 363 g/mol. The molecule has 0 spiro atoms. The molecule has 0 aliphatic heterocycles. The van der Waals surface area contributed by atoms with Crippen molar-refractivity contribution >= 4 is 17.5 Å². The summed E-state index contributed by atoms with van der Waals surface area (Å²) in [5.41, 5.74) is 2.20. The summed E-state index contributed by atoms with van der Waals surface area (Å²) >= 11 is 0. The molecular formula is C20H21N5O2. The van der Waals surface area contributed by atoms with Crippen molar-refractivity contribution in [1.82, 2.24) is 19.9 Å². The highest BCUT2D eigenvalue weighted by Gasteiger charge is 2.14. The van der Waals surface area contributed by atoms with Crippen LogP contribution in [0.5, 0.6) is 5.75 Å². The van der Waals surface area contributed by atoms with Crippen LogP contribution >= 0.6 is 0 Å². The lowest BCUT2D eigenvalue weighted by molar-refractivity contribution is 0.0791. The van der Waals surface area contributed by atoms with Gasteiger partial charge < -0.3 is 15.0 Å². The Morgan fingerprint density at radius 2 is 1.89 bits per heavy atom. The molecule has 138 valence electrons. The minimum Gasteiger partial charge on any atom is -0.495 e. The Hall–Kier alpha value is -3.48. The maximum atomic E-state index is 12.7. The predicted octanol–water partition coefficient (Wildman–Crippen LogP) is 2.94. The van der Waals surface area contributed by atoms with E-state index >= 15 is 0 Å². The topological polar surface area (TPSA) is 80.2 Å². The van der Waals surface area contributed by atoms with Gasteiger partial charge in [-0.25, -0.2) is 9.97 Å². The molecule has 1 amide bonds. The Labute approximate surface area is 158 Å². The Morgan fingerprint density at radius 3 is 2.67 bits per heavy atom. The van der Waals surface area contributed by atoms with Gasteiger partial charge in [-0.1, -0.05) is 12.1 Å². The number of aromatic nitrogens is 3. The molecule has 1 N–H and O–H groups in total. The molecule has 7 heteroatoms. The number of carbonyl (C=O) groups is 1. The van der Waals surface area contributed by atoms with E-state index in [2.05, 4.69) is 20.3 Å². The van der Waals surface area contributed by atoms with Gasteiger partial charge in [-0.3, -0.25) is 9.78 Å². The molecule has 3 aromatic rings. The van der Waals surface area contributed by atoms with Crippen LogP contribution in [0.1, 0.15) is 16.1 Å². The van der Waals surface area contributed by atoms with Crippen LogP contribution in [0.15, 0.2) is 61.1 Å². The molecule has 0 saturated heterocycles. The summed E-state index contributed by atoms with van der Waals surface area (Å²) in [5.74, 6) is 0.856. The van der Waals surface area contributed by atoms with E-state index in [-0.39, 0.29) is 5.91 Å². The number of anilines is 2. The van der Waals surface area contributed by atoms with Gasteiger partial charge in [0.05, 0.1) is 12.8 Å². The maximum Gasteiger partial charge on any atom is 0.272 e. The van der Waals surface area contributed by atoms with E-state index in [1.165, 1.54) is 0 Å². The molecule has 0 atom stereocenters. The highest BCUT2D eigenvalue weighted by atomic mass is 16.5. The number of nitrogens with zero attached hydrogens (tertiary/aromatic N) is 4.